The Hall–Kier alpha value is -3.86. The number of likely N-dealkylation sites (tertiary alicyclic amines) is 1. The van der Waals surface area contributed by atoms with Gasteiger partial charge >= 0.3 is 0 Å². The second-order valence-corrected chi connectivity index (χ2v) is 16.6. The number of unbranched alkanes of at least 4 members (excludes halogenated alkanes) is 4. The fourth-order valence-corrected chi connectivity index (χ4v) is 7.14. The highest BCUT2D eigenvalue weighted by molar-refractivity contribution is 8.16. The molecule has 11 N–H and O–H groups in total. The molecule has 1 aromatic carbocycles. The molecule has 1 aliphatic heterocycles. The molecule has 1 heterocycles. The SMILES string of the molecule is CC.CCCCCCN(C(=O)CCCC)C(CC(OCCN)C(=N)S/C=C/C(Cc1ccc(N)c(F)c1)CC(C)(C)C=O)C(C)C.CN1CCCCC1.NC=O.NC=O.NC=O. The Morgan fingerprint density at radius 2 is 1.53 bits per heavy atom. The van der Waals surface area contributed by atoms with E-state index in [4.69, 9.17) is 36.0 Å². The Labute approximate surface area is 378 Å². The van der Waals surface area contributed by atoms with Crippen LogP contribution in [0.5, 0.6) is 0 Å². The normalized spacial score (nSPS) is 13.5. The molecule has 1 aromatic rings. The van der Waals surface area contributed by atoms with Crippen LogP contribution in [0.15, 0.2) is 29.7 Å². The number of amides is 4. The molecular formula is C46H87FN8O6S. The van der Waals surface area contributed by atoms with Gasteiger partial charge in [-0.05, 0) is 93.6 Å². The van der Waals surface area contributed by atoms with Crippen LogP contribution in [0.25, 0.3) is 0 Å². The van der Waals surface area contributed by atoms with Crippen LogP contribution in [-0.4, -0.2) is 98.2 Å². The largest absolute Gasteiger partial charge is 0.396 e. The minimum atomic E-state index is -0.554. The molecular weight excluding hydrogens is 812 g/mol. The maximum absolute atomic E-state index is 14.1. The molecule has 0 aliphatic carbocycles. The zero-order valence-corrected chi connectivity index (χ0v) is 40.6. The summed E-state index contributed by atoms with van der Waals surface area (Å²) in [5.74, 6) is -0.138. The third-order valence-corrected chi connectivity index (χ3v) is 10.3. The number of rotatable bonds is 23. The van der Waals surface area contributed by atoms with E-state index in [1.807, 2.05) is 44.1 Å². The van der Waals surface area contributed by atoms with Crippen LogP contribution in [0.1, 0.15) is 138 Å². The summed E-state index contributed by atoms with van der Waals surface area (Å²) in [5, 5.41) is 11.2. The third kappa shape index (κ3) is 35.7. The van der Waals surface area contributed by atoms with Gasteiger partial charge in [-0.1, -0.05) is 111 Å². The first-order valence-corrected chi connectivity index (χ1v) is 23.1. The first kappa shape index (κ1) is 64.8. The number of nitrogens with two attached hydrogens (primary N) is 5. The fourth-order valence-electron chi connectivity index (χ4n) is 6.38. The lowest BCUT2D eigenvalue weighted by atomic mass is 9.81. The van der Waals surface area contributed by atoms with Gasteiger partial charge in [-0.2, -0.15) is 0 Å². The van der Waals surface area contributed by atoms with Crippen molar-refractivity contribution in [2.24, 2.45) is 40.2 Å². The van der Waals surface area contributed by atoms with E-state index in [1.165, 1.54) is 50.2 Å². The lowest BCUT2D eigenvalue weighted by molar-refractivity contribution is -0.135. The van der Waals surface area contributed by atoms with Crippen molar-refractivity contribution >= 4 is 53.9 Å². The van der Waals surface area contributed by atoms with Gasteiger partial charge in [0.25, 0.3) is 0 Å². The predicted molar refractivity (Wildman–Crippen MR) is 258 cm³/mol. The molecule has 16 heteroatoms. The molecule has 62 heavy (non-hydrogen) atoms. The number of benzene rings is 1. The van der Waals surface area contributed by atoms with E-state index in [2.05, 4.69) is 56.8 Å². The number of nitrogens with zero attached hydrogens (tertiary/aromatic N) is 2. The second-order valence-electron chi connectivity index (χ2n) is 15.7. The van der Waals surface area contributed by atoms with Gasteiger partial charge in [-0.3, -0.25) is 24.6 Å². The van der Waals surface area contributed by atoms with Crippen molar-refractivity contribution in [2.75, 3.05) is 45.6 Å². The molecule has 2 rings (SSSR count). The number of piperidine rings is 1. The summed E-state index contributed by atoms with van der Waals surface area (Å²) in [6.07, 6.45) is 15.8. The number of aldehydes is 1. The number of carbonyl (C=O) groups excluding carboxylic acids is 5. The van der Waals surface area contributed by atoms with E-state index in [1.54, 1.807) is 12.1 Å². The summed E-state index contributed by atoms with van der Waals surface area (Å²) < 4.78 is 20.3. The van der Waals surface area contributed by atoms with E-state index in [9.17, 15) is 14.0 Å². The minimum absolute atomic E-state index is 0.0554. The van der Waals surface area contributed by atoms with Crippen molar-refractivity contribution in [1.82, 2.24) is 9.80 Å². The molecule has 3 atom stereocenters. The van der Waals surface area contributed by atoms with Crippen LogP contribution < -0.4 is 28.7 Å². The van der Waals surface area contributed by atoms with Gasteiger partial charge in [-0.25, -0.2) is 4.39 Å². The number of primary amides is 3. The summed E-state index contributed by atoms with van der Waals surface area (Å²) in [7, 11) is 2.19. The molecule has 0 saturated carbocycles. The highest BCUT2D eigenvalue weighted by Gasteiger charge is 2.31. The standard InChI is InChI=1S/C35H59FN4O3S.C6H13N.C2H6.3CH3NO/c1-7-9-11-12-18-40(33(42)13-10-8-2)31(26(3)4)23-32(43-19-17-37)34(39)44-20-16-28(24-35(5,6)25-41)21-27-14-15-30(38)29(36)22-27;1-7-5-3-2-4-6-7;1-2;3*2-1-3/h14-16,20,22,25-26,28,31-32,39H,7-13,17-19,21,23-24,37-38H2,1-6H3;2-6H2,1H3;1-2H3;3*1H,(H2,2,3)/b20-16+,39-34?;;;;;. The van der Waals surface area contributed by atoms with Gasteiger partial charge < -0.3 is 48.0 Å². The number of allylic oxidation sites excluding steroid dienone is 1. The van der Waals surface area contributed by atoms with Crippen LogP contribution in [-0.2, 0) is 35.1 Å². The molecule has 3 unspecified atom stereocenters. The van der Waals surface area contributed by atoms with E-state index in [0.717, 1.165) is 56.9 Å². The first-order chi connectivity index (χ1) is 29.5. The average molecular weight is 899 g/mol. The van der Waals surface area contributed by atoms with Gasteiger partial charge in [0.1, 0.15) is 18.2 Å². The molecule has 0 radical (unpaired) electrons. The molecule has 0 aromatic heterocycles. The van der Waals surface area contributed by atoms with Crippen LogP contribution in [0.4, 0.5) is 10.1 Å². The summed E-state index contributed by atoms with van der Waals surface area (Å²) >= 11 is 1.28. The molecule has 1 aliphatic rings. The minimum Gasteiger partial charge on any atom is -0.396 e. The lowest BCUT2D eigenvalue weighted by Gasteiger charge is -2.37. The summed E-state index contributed by atoms with van der Waals surface area (Å²) in [5.41, 5.74) is 24.3. The molecule has 360 valence electrons. The van der Waals surface area contributed by atoms with Crippen LogP contribution in [0.2, 0.25) is 0 Å². The van der Waals surface area contributed by atoms with E-state index in [-0.39, 0.29) is 48.7 Å². The smallest absolute Gasteiger partial charge is 0.222 e. The molecule has 14 nitrogen and oxygen atoms in total. The molecule has 1 saturated heterocycles. The number of hydrogen-bond donors (Lipinski definition) is 6. The zero-order chi connectivity index (χ0) is 48.4. The Balaban J connectivity index is -0.000000780. The van der Waals surface area contributed by atoms with Crippen LogP contribution >= 0.6 is 11.8 Å². The Morgan fingerprint density at radius 3 is 1.98 bits per heavy atom. The molecule has 0 spiro atoms. The maximum atomic E-state index is 14.1. The lowest BCUT2D eigenvalue weighted by Crippen LogP contribution is -2.46. The maximum Gasteiger partial charge on any atom is 0.222 e. The Bertz CT molecular complexity index is 1300. The average Bonchev–Trinajstić information content (AvgIpc) is 3.23. The second kappa shape index (κ2) is 43.8. The topological polar surface area (TPSA) is 255 Å². The number of halogens is 1. The number of nitrogen functional groups attached to an aromatic ring is 1. The van der Waals surface area contributed by atoms with Crippen molar-refractivity contribution in [2.45, 2.75) is 151 Å². The van der Waals surface area contributed by atoms with Gasteiger partial charge in [0.05, 0.1) is 17.3 Å². The first-order valence-electron chi connectivity index (χ1n) is 22.2. The molecule has 0 bridgehead atoms. The van der Waals surface area contributed by atoms with E-state index in [0.29, 0.717) is 43.9 Å². The summed E-state index contributed by atoms with van der Waals surface area (Å²) in [6, 6.07) is 4.75. The number of hydrogen-bond acceptors (Lipinski definition) is 11. The molecule has 1 fully saturated rings. The van der Waals surface area contributed by atoms with Gasteiger partial charge in [0.15, 0.2) is 0 Å². The van der Waals surface area contributed by atoms with Crippen molar-refractivity contribution in [1.29, 1.82) is 5.41 Å². The van der Waals surface area contributed by atoms with Crippen LogP contribution in [0, 0.1) is 28.5 Å². The Kier molecular flexibility index (Phi) is 45.7. The van der Waals surface area contributed by atoms with E-state index >= 15 is 0 Å². The van der Waals surface area contributed by atoms with Crippen molar-refractivity contribution in [3.8, 4) is 0 Å². The predicted octanol–water partition coefficient (Wildman–Crippen LogP) is 7.20. The summed E-state index contributed by atoms with van der Waals surface area (Å²) in [6.45, 7) is 20.3. The van der Waals surface area contributed by atoms with Crippen LogP contribution in [0.3, 0.4) is 0 Å². The number of carbonyl (C=O) groups is 5. The molecule has 4 amide bonds. The van der Waals surface area contributed by atoms with E-state index < -0.39 is 17.3 Å². The number of anilines is 1. The quantitative estimate of drug-likeness (QED) is 0.0212. The highest BCUT2D eigenvalue weighted by atomic mass is 32.2. The summed E-state index contributed by atoms with van der Waals surface area (Å²) in [4.78, 5) is 55.3. The van der Waals surface area contributed by atoms with Gasteiger partial charge in [-0.15, -0.1) is 0 Å². The Morgan fingerprint density at radius 1 is 0.968 bits per heavy atom. The number of nitrogens with one attached hydrogen (secondary N) is 1. The zero-order valence-electron chi connectivity index (χ0n) is 39.8. The number of ether oxygens (including phenoxy) is 1. The highest BCUT2D eigenvalue weighted by Crippen LogP contribution is 2.29. The van der Waals surface area contributed by atoms with Gasteiger partial charge in [0.2, 0.25) is 25.1 Å². The fraction of sp³-hybridized carbons (Fsp3) is 0.696. The number of thioether (sulfide) groups is 1. The third-order valence-electron chi connectivity index (χ3n) is 9.47. The van der Waals surface area contributed by atoms with Gasteiger partial charge in [0, 0.05) is 37.4 Å². The van der Waals surface area contributed by atoms with Crippen molar-refractivity contribution < 1.29 is 33.1 Å². The van der Waals surface area contributed by atoms with Crippen molar-refractivity contribution in [3.05, 3.63) is 41.1 Å². The van der Waals surface area contributed by atoms with Crippen molar-refractivity contribution in [3.63, 3.8) is 0 Å². The monoisotopic (exact) mass is 899 g/mol.